The number of anilines is 1. The van der Waals surface area contributed by atoms with Crippen LogP contribution in [0.1, 0.15) is 0 Å². The molecule has 7 nitrogen and oxygen atoms in total. The summed E-state index contributed by atoms with van der Waals surface area (Å²) in [5.74, 6) is 0.769. The number of amides is 2. The van der Waals surface area contributed by atoms with E-state index >= 15 is 0 Å². The number of hydrogen-bond donors (Lipinski definition) is 1. The first-order chi connectivity index (χ1) is 8.61. The van der Waals surface area contributed by atoms with Gasteiger partial charge in [-0.25, -0.2) is 9.78 Å². The number of carbonyl (C=O) groups is 1. The van der Waals surface area contributed by atoms with Crippen LogP contribution in [0.2, 0.25) is 0 Å². The van der Waals surface area contributed by atoms with E-state index in [1.165, 1.54) is 7.11 Å². The number of aromatic nitrogens is 2. The summed E-state index contributed by atoms with van der Waals surface area (Å²) in [5.41, 5.74) is 5.24. The summed E-state index contributed by atoms with van der Waals surface area (Å²) in [6.07, 6.45) is 1.65. The molecule has 2 amide bonds. The van der Waals surface area contributed by atoms with Gasteiger partial charge in [0, 0.05) is 26.2 Å². The summed E-state index contributed by atoms with van der Waals surface area (Å²) in [6, 6.07) is -0.0560. The van der Waals surface area contributed by atoms with Gasteiger partial charge in [-0.15, -0.1) is 0 Å². The molecule has 18 heavy (non-hydrogen) atoms. The summed E-state index contributed by atoms with van der Waals surface area (Å²) in [6.45, 7) is 2.55. The molecule has 8 heteroatoms. The van der Waals surface area contributed by atoms with Crippen molar-refractivity contribution >= 4 is 27.8 Å². The van der Waals surface area contributed by atoms with Crippen LogP contribution in [0.25, 0.3) is 0 Å². The molecule has 1 aliphatic heterocycles. The molecular weight excluding hydrogens is 302 g/mol. The molecule has 2 heterocycles. The lowest BCUT2D eigenvalue weighted by Gasteiger charge is -2.34. The Morgan fingerprint density at radius 3 is 2.67 bits per heavy atom. The van der Waals surface area contributed by atoms with Crippen molar-refractivity contribution < 1.29 is 9.53 Å². The Balaban J connectivity index is 2.11. The third kappa shape index (κ3) is 2.63. The zero-order chi connectivity index (χ0) is 13.1. The molecule has 1 fully saturated rings. The van der Waals surface area contributed by atoms with Crippen molar-refractivity contribution in [2.75, 3.05) is 38.2 Å². The van der Waals surface area contributed by atoms with Gasteiger partial charge in [-0.05, 0) is 15.9 Å². The Morgan fingerprint density at radius 2 is 2.11 bits per heavy atom. The molecule has 0 radical (unpaired) electrons. The fourth-order valence-electron chi connectivity index (χ4n) is 1.80. The largest absolute Gasteiger partial charge is 0.467 e. The van der Waals surface area contributed by atoms with E-state index in [9.17, 15) is 4.79 Å². The number of halogens is 1. The monoisotopic (exact) mass is 315 g/mol. The summed E-state index contributed by atoms with van der Waals surface area (Å²) in [5, 5.41) is 0. The smallest absolute Gasteiger partial charge is 0.318 e. The highest BCUT2D eigenvalue weighted by Crippen LogP contribution is 2.25. The molecule has 1 aromatic heterocycles. The minimum Gasteiger partial charge on any atom is -0.467 e. The van der Waals surface area contributed by atoms with Crippen molar-refractivity contribution in [2.45, 2.75) is 0 Å². The van der Waals surface area contributed by atoms with Gasteiger partial charge in [0.05, 0.1) is 17.8 Å². The SMILES string of the molecule is COc1ncc(Br)c(N2CCN(C(N)=O)CC2)n1. The van der Waals surface area contributed by atoms with Gasteiger partial charge in [-0.1, -0.05) is 0 Å². The highest BCUT2D eigenvalue weighted by molar-refractivity contribution is 9.10. The fraction of sp³-hybridized carbons (Fsp3) is 0.500. The Bertz CT molecular complexity index is 448. The first-order valence-corrected chi connectivity index (χ1v) is 6.27. The van der Waals surface area contributed by atoms with Gasteiger partial charge in [0.15, 0.2) is 0 Å². The van der Waals surface area contributed by atoms with Gasteiger partial charge < -0.3 is 20.3 Å². The first kappa shape index (κ1) is 12.9. The minimum atomic E-state index is -0.381. The predicted octanol–water partition coefficient (Wildman–Crippen LogP) is 0.448. The van der Waals surface area contributed by atoms with Crippen molar-refractivity contribution in [1.82, 2.24) is 14.9 Å². The van der Waals surface area contributed by atoms with E-state index in [-0.39, 0.29) is 6.03 Å². The number of primary amides is 1. The maximum absolute atomic E-state index is 11.0. The molecule has 0 unspecified atom stereocenters. The topological polar surface area (TPSA) is 84.6 Å². The number of hydrogen-bond acceptors (Lipinski definition) is 5. The molecule has 1 aromatic rings. The molecule has 98 valence electrons. The number of rotatable bonds is 2. The Hall–Kier alpha value is -1.57. The van der Waals surface area contributed by atoms with Crippen LogP contribution in [0.3, 0.4) is 0 Å². The van der Waals surface area contributed by atoms with Crippen LogP contribution in [-0.2, 0) is 0 Å². The normalized spacial score (nSPS) is 15.7. The van der Waals surface area contributed by atoms with E-state index in [2.05, 4.69) is 30.8 Å². The van der Waals surface area contributed by atoms with E-state index in [1.807, 2.05) is 0 Å². The van der Waals surface area contributed by atoms with Gasteiger partial charge in [0.1, 0.15) is 5.82 Å². The zero-order valence-corrected chi connectivity index (χ0v) is 11.6. The van der Waals surface area contributed by atoms with Crippen LogP contribution in [0.5, 0.6) is 6.01 Å². The Kier molecular flexibility index (Phi) is 3.85. The summed E-state index contributed by atoms with van der Waals surface area (Å²) >= 11 is 3.41. The predicted molar refractivity (Wildman–Crippen MR) is 69.7 cm³/mol. The Morgan fingerprint density at radius 1 is 1.44 bits per heavy atom. The zero-order valence-electron chi connectivity index (χ0n) is 9.97. The maximum atomic E-state index is 11.0. The minimum absolute atomic E-state index is 0.325. The number of nitrogens with zero attached hydrogens (tertiary/aromatic N) is 4. The van der Waals surface area contributed by atoms with E-state index in [4.69, 9.17) is 10.5 Å². The number of piperazine rings is 1. The summed E-state index contributed by atoms with van der Waals surface area (Å²) in [7, 11) is 1.53. The third-order valence-corrected chi connectivity index (χ3v) is 3.34. The molecule has 0 spiro atoms. The average Bonchev–Trinajstić information content (AvgIpc) is 2.39. The summed E-state index contributed by atoms with van der Waals surface area (Å²) in [4.78, 5) is 23.0. The fourth-order valence-corrected chi connectivity index (χ4v) is 2.24. The van der Waals surface area contributed by atoms with E-state index < -0.39 is 0 Å². The number of ether oxygens (including phenoxy) is 1. The van der Waals surface area contributed by atoms with Crippen molar-refractivity contribution in [1.29, 1.82) is 0 Å². The van der Waals surface area contributed by atoms with E-state index in [0.717, 1.165) is 10.3 Å². The second kappa shape index (κ2) is 5.38. The Labute approximate surface area is 113 Å². The third-order valence-electron chi connectivity index (χ3n) is 2.78. The molecule has 0 saturated carbocycles. The lowest BCUT2D eigenvalue weighted by Crippen LogP contribution is -2.50. The van der Waals surface area contributed by atoms with E-state index in [0.29, 0.717) is 32.2 Å². The highest BCUT2D eigenvalue weighted by Gasteiger charge is 2.22. The number of urea groups is 1. The molecule has 0 aromatic carbocycles. The van der Waals surface area contributed by atoms with Crippen LogP contribution >= 0.6 is 15.9 Å². The first-order valence-electron chi connectivity index (χ1n) is 5.47. The van der Waals surface area contributed by atoms with Crippen molar-refractivity contribution in [3.8, 4) is 6.01 Å². The molecule has 2 N–H and O–H groups in total. The number of nitrogens with two attached hydrogens (primary N) is 1. The van der Waals surface area contributed by atoms with Crippen LogP contribution < -0.4 is 15.4 Å². The van der Waals surface area contributed by atoms with Gasteiger partial charge in [-0.2, -0.15) is 4.98 Å². The average molecular weight is 316 g/mol. The van der Waals surface area contributed by atoms with Crippen LogP contribution in [0.4, 0.5) is 10.6 Å². The molecule has 2 rings (SSSR count). The lowest BCUT2D eigenvalue weighted by atomic mass is 10.3. The molecule has 0 aliphatic carbocycles. The standard InChI is InChI=1S/C10H14BrN5O2/c1-18-10-13-6-7(11)8(14-10)15-2-4-16(5-3-15)9(12)17/h6H,2-5H2,1H3,(H2,12,17). The summed E-state index contributed by atoms with van der Waals surface area (Å²) < 4.78 is 5.81. The molecule has 1 aliphatic rings. The van der Waals surface area contributed by atoms with Gasteiger partial charge in [-0.3, -0.25) is 0 Å². The van der Waals surface area contributed by atoms with Crippen molar-refractivity contribution in [3.63, 3.8) is 0 Å². The second-order valence-electron chi connectivity index (χ2n) is 3.84. The number of methoxy groups -OCH3 is 1. The lowest BCUT2D eigenvalue weighted by molar-refractivity contribution is 0.204. The second-order valence-corrected chi connectivity index (χ2v) is 4.69. The van der Waals surface area contributed by atoms with Crippen LogP contribution in [0, 0.1) is 0 Å². The molecular formula is C10H14BrN5O2. The van der Waals surface area contributed by atoms with Crippen LogP contribution in [-0.4, -0.2) is 54.2 Å². The molecule has 0 bridgehead atoms. The van der Waals surface area contributed by atoms with Gasteiger partial charge >= 0.3 is 12.0 Å². The maximum Gasteiger partial charge on any atom is 0.318 e. The van der Waals surface area contributed by atoms with Crippen LogP contribution in [0.15, 0.2) is 10.7 Å². The molecule has 1 saturated heterocycles. The van der Waals surface area contributed by atoms with Gasteiger partial charge in [0.25, 0.3) is 0 Å². The van der Waals surface area contributed by atoms with Crippen molar-refractivity contribution in [2.24, 2.45) is 5.73 Å². The molecule has 0 atom stereocenters. The quantitative estimate of drug-likeness (QED) is 0.856. The van der Waals surface area contributed by atoms with E-state index in [1.54, 1.807) is 11.1 Å². The van der Waals surface area contributed by atoms with Gasteiger partial charge in [0.2, 0.25) is 0 Å². The van der Waals surface area contributed by atoms with Crippen molar-refractivity contribution in [3.05, 3.63) is 10.7 Å². The number of carbonyl (C=O) groups excluding carboxylic acids is 1. The highest BCUT2D eigenvalue weighted by atomic mass is 79.9.